The number of amides is 1. The minimum absolute atomic E-state index is 0.323. The van der Waals surface area contributed by atoms with E-state index in [0.717, 1.165) is 22.2 Å². The molecule has 0 aliphatic rings. The van der Waals surface area contributed by atoms with Crippen LogP contribution in [0.4, 0.5) is 0 Å². The van der Waals surface area contributed by atoms with Crippen molar-refractivity contribution in [3.63, 3.8) is 0 Å². The summed E-state index contributed by atoms with van der Waals surface area (Å²) in [5, 5.41) is 4.67. The van der Waals surface area contributed by atoms with Crippen LogP contribution in [0, 0.1) is 0 Å². The fourth-order valence-corrected chi connectivity index (χ4v) is 3.26. The number of aromatic nitrogens is 2. The number of hydrogen-bond donors (Lipinski definition) is 2. The van der Waals surface area contributed by atoms with Gasteiger partial charge in [0.25, 0.3) is 5.91 Å². The van der Waals surface area contributed by atoms with Crippen molar-refractivity contribution in [1.82, 2.24) is 15.4 Å². The van der Waals surface area contributed by atoms with E-state index < -0.39 is 0 Å². The predicted octanol–water partition coefficient (Wildman–Crippen LogP) is 5.05. The molecule has 0 unspecified atom stereocenters. The molecule has 150 valence electrons. The summed E-state index contributed by atoms with van der Waals surface area (Å²) in [5.41, 5.74) is 6.09. The molecule has 3 aromatic carbocycles. The number of aromatic amines is 1. The summed E-state index contributed by atoms with van der Waals surface area (Å²) in [6, 6.07) is 20.2. The standard InChI is InChI=1S/C23H19ClN4O2/c1-2-30-21-10-6-3-7-16(21)14-25-28-23(29)15-11-12-19-20(13-15)27-22(26-19)17-8-4-5-9-18(17)24/h3-14H,2H2,1H3,(H,26,27)(H,28,29)/b25-14+. The summed E-state index contributed by atoms with van der Waals surface area (Å²) >= 11 is 6.26. The molecule has 1 heterocycles. The topological polar surface area (TPSA) is 79.4 Å². The van der Waals surface area contributed by atoms with E-state index >= 15 is 0 Å². The summed E-state index contributed by atoms with van der Waals surface area (Å²) in [5.74, 6) is 1.04. The van der Waals surface area contributed by atoms with Crippen LogP contribution in [0.5, 0.6) is 5.75 Å². The van der Waals surface area contributed by atoms with Gasteiger partial charge in [0.2, 0.25) is 0 Å². The van der Waals surface area contributed by atoms with Gasteiger partial charge >= 0.3 is 0 Å². The SMILES string of the molecule is CCOc1ccccc1/C=N/NC(=O)c1ccc2nc(-c3ccccc3Cl)[nH]c2c1. The summed E-state index contributed by atoms with van der Waals surface area (Å²) in [6.07, 6.45) is 1.56. The Hall–Kier alpha value is -3.64. The van der Waals surface area contributed by atoms with Crippen LogP contribution in [-0.2, 0) is 0 Å². The van der Waals surface area contributed by atoms with Crippen LogP contribution in [0.2, 0.25) is 5.02 Å². The lowest BCUT2D eigenvalue weighted by Gasteiger charge is -2.05. The molecule has 0 saturated heterocycles. The van der Waals surface area contributed by atoms with Gasteiger partial charge in [-0.1, -0.05) is 35.9 Å². The monoisotopic (exact) mass is 418 g/mol. The number of rotatable bonds is 6. The Bertz CT molecular complexity index is 1230. The molecule has 1 aromatic heterocycles. The highest BCUT2D eigenvalue weighted by atomic mass is 35.5. The van der Waals surface area contributed by atoms with E-state index in [1.807, 2.05) is 55.5 Å². The zero-order valence-electron chi connectivity index (χ0n) is 16.2. The summed E-state index contributed by atoms with van der Waals surface area (Å²) < 4.78 is 5.55. The normalized spacial score (nSPS) is 11.1. The first-order valence-corrected chi connectivity index (χ1v) is 9.83. The lowest BCUT2D eigenvalue weighted by atomic mass is 10.2. The summed E-state index contributed by atoms with van der Waals surface area (Å²) in [4.78, 5) is 20.3. The van der Waals surface area contributed by atoms with E-state index in [4.69, 9.17) is 16.3 Å². The first-order valence-electron chi connectivity index (χ1n) is 9.45. The smallest absolute Gasteiger partial charge is 0.271 e. The predicted molar refractivity (Wildman–Crippen MR) is 119 cm³/mol. The van der Waals surface area contributed by atoms with Crippen LogP contribution in [-0.4, -0.2) is 28.7 Å². The number of carbonyl (C=O) groups is 1. The highest BCUT2D eigenvalue weighted by Gasteiger charge is 2.11. The van der Waals surface area contributed by atoms with E-state index in [1.54, 1.807) is 24.4 Å². The maximum atomic E-state index is 12.5. The van der Waals surface area contributed by atoms with E-state index in [9.17, 15) is 4.79 Å². The lowest BCUT2D eigenvalue weighted by molar-refractivity contribution is 0.0955. The molecule has 0 bridgehead atoms. The first kappa shape index (κ1) is 19.7. The second-order valence-electron chi connectivity index (χ2n) is 6.47. The van der Waals surface area contributed by atoms with Gasteiger partial charge in [0.1, 0.15) is 11.6 Å². The van der Waals surface area contributed by atoms with E-state index in [-0.39, 0.29) is 5.91 Å². The average molecular weight is 419 g/mol. The van der Waals surface area contributed by atoms with Crippen molar-refractivity contribution in [2.75, 3.05) is 6.61 Å². The number of imidazole rings is 1. The number of fused-ring (bicyclic) bond motifs is 1. The van der Waals surface area contributed by atoms with Crippen LogP contribution in [0.15, 0.2) is 71.8 Å². The van der Waals surface area contributed by atoms with Gasteiger partial charge in [-0.2, -0.15) is 5.10 Å². The Balaban J connectivity index is 1.52. The van der Waals surface area contributed by atoms with Gasteiger partial charge in [0, 0.05) is 16.7 Å². The number of nitrogens with zero attached hydrogens (tertiary/aromatic N) is 2. The van der Waals surface area contributed by atoms with Crippen molar-refractivity contribution in [3.05, 3.63) is 82.9 Å². The molecule has 0 radical (unpaired) electrons. The van der Waals surface area contributed by atoms with E-state index in [2.05, 4.69) is 20.5 Å². The minimum atomic E-state index is -0.323. The molecule has 4 rings (SSSR count). The van der Waals surface area contributed by atoms with Crippen molar-refractivity contribution in [1.29, 1.82) is 0 Å². The van der Waals surface area contributed by atoms with E-state index in [0.29, 0.717) is 28.8 Å². The number of para-hydroxylation sites is 1. The van der Waals surface area contributed by atoms with Gasteiger partial charge in [0.05, 0.1) is 28.9 Å². The number of H-pyrrole nitrogens is 1. The Morgan fingerprint density at radius 1 is 1.17 bits per heavy atom. The zero-order valence-corrected chi connectivity index (χ0v) is 17.0. The van der Waals surface area contributed by atoms with Crippen LogP contribution < -0.4 is 10.2 Å². The second-order valence-corrected chi connectivity index (χ2v) is 6.87. The highest BCUT2D eigenvalue weighted by Crippen LogP contribution is 2.27. The van der Waals surface area contributed by atoms with Crippen LogP contribution in [0.1, 0.15) is 22.8 Å². The zero-order chi connectivity index (χ0) is 20.9. The Kier molecular flexibility index (Phi) is 5.77. The minimum Gasteiger partial charge on any atom is -0.493 e. The quantitative estimate of drug-likeness (QED) is 0.340. The number of benzene rings is 3. The highest BCUT2D eigenvalue weighted by molar-refractivity contribution is 6.33. The maximum Gasteiger partial charge on any atom is 0.271 e. The van der Waals surface area contributed by atoms with Crippen molar-refractivity contribution < 1.29 is 9.53 Å². The fourth-order valence-electron chi connectivity index (χ4n) is 3.03. The lowest BCUT2D eigenvalue weighted by Crippen LogP contribution is -2.17. The molecular formula is C23H19ClN4O2. The van der Waals surface area contributed by atoms with Gasteiger partial charge in [-0.15, -0.1) is 0 Å². The van der Waals surface area contributed by atoms with Crippen molar-refractivity contribution in [3.8, 4) is 17.1 Å². The molecule has 0 fully saturated rings. The number of carbonyl (C=O) groups excluding carboxylic acids is 1. The van der Waals surface area contributed by atoms with Gasteiger partial charge in [-0.05, 0) is 49.4 Å². The van der Waals surface area contributed by atoms with Gasteiger partial charge < -0.3 is 9.72 Å². The first-order chi connectivity index (χ1) is 14.7. The van der Waals surface area contributed by atoms with Crippen LogP contribution >= 0.6 is 11.6 Å². The maximum absolute atomic E-state index is 12.5. The molecule has 1 amide bonds. The number of halogens is 1. The third kappa shape index (κ3) is 4.18. The molecule has 7 heteroatoms. The number of ether oxygens (including phenoxy) is 1. The molecule has 4 aromatic rings. The molecule has 0 spiro atoms. The molecule has 30 heavy (non-hydrogen) atoms. The van der Waals surface area contributed by atoms with Crippen molar-refractivity contribution in [2.24, 2.45) is 5.10 Å². The largest absolute Gasteiger partial charge is 0.493 e. The molecule has 6 nitrogen and oxygen atoms in total. The Labute approximate surface area is 178 Å². The third-order valence-corrected chi connectivity index (χ3v) is 4.79. The molecular weight excluding hydrogens is 400 g/mol. The molecule has 0 atom stereocenters. The Morgan fingerprint density at radius 2 is 1.97 bits per heavy atom. The molecule has 2 N–H and O–H groups in total. The molecule has 0 aliphatic heterocycles. The van der Waals surface area contributed by atoms with Gasteiger partial charge in [-0.25, -0.2) is 10.4 Å². The number of hydrogen-bond acceptors (Lipinski definition) is 4. The fraction of sp³-hybridized carbons (Fsp3) is 0.0870. The second kappa shape index (κ2) is 8.80. The molecule has 0 aliphatic carbocycles. The van der Waals surface area contributed by atoms with Gasteiger partial charge in [0.15, 0.2) is 0 Å². The van der Waals surface area contributed by atoms with Crippen molar-refractivity contribution in [2.45, 2.75) is 6.92 Å². The van der Waals surface area contributed by atoms with E-state index in [1.165, 1.54) is 0 Å². The number of nitrogens with one attached hydrogen (secondary N) is 2. The number of hydrazone groups is 1. The Morgan fingerprint density at radius 3 is 2.80 bits per heavy atom. The average Bonchev–Trinajstić information content (AvgIpc) is 3.18. The summed E-state index contributed by atoms with van der Waals surface area (Å²) in [6.45, 7) is 2.47. The van der Waals surface area contributed by atoms with Crippen LogP contribution in [0.25, 0.3) is 22.4 Å². The summed E-state index contributed by atoms with van der Waals surface area (Å²) in [7, 11) is 0. The van der Waals surface area contributed by atoms with Gasteiger partial charge in [-0.3, -0.25) is 4.79 Å². The third-order valence-electron chi connectivity index (χ3n) is 4.46. The van der Waals surface area contributed by atoms with Crippen molar-refractivity contribution >= 4 is 34.8 Å². The molecule has 0 saturated carbocycles. The van der Waals surface area contributed by atoms with Crippen LogP contribution in [0.3, 0.4) is 0 Å².